The third kappa shape index (κ3) is 3.73. The number of carbonyl (C=O) groups excluding carboxylic acids is 1. The molecule has 0 fully saturated rings. The van der Waals surface area contributed by atoms with Crippen molar-refractivity contribution in [2.24, 2.45) is 0 Å². The Balaban J connectivity index is 1.97. The van der Waals surface area contributed by atoms with Crippen LogP contribution in [0.4, 0.5) is 0 Å². The number of fused-ring (bicyclic) bond motifs is 1. The third-order valence-corrected chi connectivity index (χ3v) is 4.98. The van der Waals surface area contributed by atoms with Crippen molar-refractivity contribution in [3.05, 3.63) is 79.6 Å². The highest BCUT2D eigenvalue weighted by molar-refractivity contribution is 9.10. The number of carbonyl (C=O) groups is 1. The Morgan fingerprint density at radius 3 is 2.62 bits per heavy atom. The highest BCUT2D eigenvalue weighted by atomic mass is 79.9. The molecule has 0 unspecified atom stereocenters. The van der Waals surface area contributed by atoms with Gasteiger partial charge >= 0.3 is 11.6 Å². The number of hydrogen-bond donors (Lipinski definition) is 0. The summed E-state index contributed by atoms with van der Waals surface area (Å²) in [6.07, 6.45) is 0. The second-order valence-corrected chi connectivity index (χ2v) is 7.36. The largest absolute Gasteiger partial charge is 0.457 e. The molecule has 2 aromatic carbocycles. The zero-order valence-electron chi connectivity index (χ0n) is 14.8. The average molecular weight is 415 g/mol. The standard InChI is InChI=1S/C21H19BrO4/c1-12(2)16-10-17-14(9-20(23)26-19(17)8-13(16)3)11-25-21(24)15-6-4-5-7-18(15)22/h4-10,12H,11H2,1-3H3. The predicted molar refractivity (Wildman–Crippen MR) is 105 cm³/mol. The van der Waals surface area contributed by atoms with Gasteiger partial charge in [0.1, 0.15) is 12.2 Å². The molecule has 0 aliphatic carbocycles. The molecule has 0 radical (unpaired) electrons. The first-order valence-corrected chi connectivity index (χ1v) is 9.15. The predicted octanol–water partition coefficient (Wildman–Crippen LogP) is 5.34. The van der Waals surface area contributed by atoms with Crippen molar-refractivity contribution in [1.29, 1.82) is 0 Å². The van der Waals surface area contributed by atoms with Gasteiger partial charge in [0.15, 0.2) is 0 Å². The van der Waals surface area contributed by atoms with Gasteiger partial charge in [0, 0.05) is 21.5 Å². The fraction of sp³-hybridized carbons (Fsp3) is 0.238. The molecule has 0 aliphatic heterocycles. The van der Waals surface area contributed by atoms with Crippen LogP contribution in [-0.4, -0.2) is 5.97 Å². The smallest absolute Gasteiger partial charge is 0.339 e. The highest BCUT2D eigenvalue weighted by Gasteiger charge is 2.15. The van der Waals surface area contributed by atoms with Crippen LogP contribution in [0.5, 0.6) is 0 Å². The van der Waals surface area contributed by atoms with Crippen molar-refractivity contribution >= 4 is 32.9 Å². The highest BCUT2D eigenvalue weighted by Crippen LogP contribution is 2.27. The van der Waals surface area contributed by atoms with E-state index >= 15 is 0 Å². The molecule has 26 heavy (non-hydrogen) atoms. The molecule has 0 aliphatic rings. The van der Waals surface area contributed by atoms with Crippen LogP contribution in [0.15, 0.2) is 56.1 Å². The summed E-state index contributed by atoms with van der Waals surface area (Å²) in [5, 5.41) is 0.791. The Labute approximate surface area is 159 Å². The van der Waals surface area contributed by atoms with E-state index < -0.39 is 11.6 Å². The first-order valence-electron chi connectivity index (χ1n) is 8.35. The maximum atomic E-state index is 12.3. The van der Waals surface area contributed by atoms with Crippen LogP contribution in [0.25, 0.3) is 11.0 Å². The van der Waals surface area contributed by atoms with Gasteiger partial charge in [-0.3, -0.25) is 0 Å². The molecular formula is C21H19BrO4. The van der Waals surface area contributed by atoms with Crippen LogP contribution in [0.1, 0.15) is 46.8 Å². The SMILES string of the molecule is Cc1cc2oc(=O)cc(COC(=O)c3ccccc3Br)c2cc1C(C)C. The molecule has 5 heteroatoms. The lowest BCUT2D eigenvalue weighted by molar-refractivity contribution is 0.0472. The van der Waals surface area contributed by atoms with Crippen molar-refractivity contribution in [3.63, 3.8) is 0 Å². The van der Waals surface area contributed by atoms with E-state index in [4.69, 9.17) is 9.15 Å². The molecule has 1 heterocycles. The fourth-order valence-electron chi connectivity index (χ4n) is 2.98. The lowest BCUT2D eigenvalue weighted by Crippen LogP contribution is -2.09. The Kier molecular flexibility index (Phi) is 5.28. The summed E-state index contributed by atoms with van der Waals surface area (Å²) >= 11 is 3.34. The quantitative estimate of drug-likeness (QED) is 0.426. The second-order valence-electron chi connectivity index (χ2n) is 6.51. The topological polar surface area (TPSA) is 56.5 Å². The average Bonchev–Trinajstić information content (AvgIpc) is 2.58. The van der Waals surface area contributed by atoms with Gasteiger partial charge < -0.3 is 9.15 Å². The Bertz CT molecular complexity index is 1030. The summed E-state index contributed by atoms with van der Waals surface area (Å²) in [6, 6.07) is 12.3. The zero-order chi connectivity index (χ0) is 18.8. The molecule has 0 atom stereocenters. The number of rotatable bonds is 4. The van der Waals surface area contributed by atoms with Crippen molar-refractivity contribution in [2.45, 2.75) is 33.3 Å². The van der Waals surface area contributed by atoms with Crippen molar-refractivity contribution in [3.8, 4) is 0 Å². The van der Waals surface area contributed by atoms with Crippen molar-refractivity contribution in [2.75, 3.05) is 0 Å². The number of halogens is 1. The van der Waals surface area contributed by atoms with Gasteiger partial charge in [-0.25, -0.2) is 9.59 Å². The molecule has 134 valence electrons. The minimum absolute atomic E-state index is 0.00284. The molecule has 0 amide bonds. The van der Waals surface area contributed by atoms with Gasteiger partial charge in [-0.1, -0.05) is 26.0 Å². The van der Waals surface area contributed by atoms with E-state index in [0.717, 1.165) is 10.9 Å². The van der Waals surface area contributed by atoms with Gasteiger partial charge in [-0.15, -0.1) is 0 Å². The summed E-state index contributed by atoms with van der Waals surface area (Å²) in [4.78, 5) is 24.2. The van der Waals surface area contributed by atoms with Crippen molar-refractivity contribution < 1.29 is 13.9 Å². The Morgan fingerprint density at radius 1 is 1.19 bits per heavy atom. The summed E-state index contributed by atoms with van der Waals surface area (Å²) in [6.45, 7) is 6.22. The van der Waals surface area contributed by atoms with Crippen LogP contribution >= 0.6 is 15.9 Å². The monoisotopic (exact) mass is 414 g/mol. The van der Waals surface area contributed by atoms with Crippen molar-refractivity contribution in [1.82, 2.24) is 0 Å². The van der Waals surface area contributed by atoms with Crippen LogP contribution in [0.3, 0.4) is 0 Å². The van der Waals surface area contributed by atoms with Crippen LogP contribution in [0.2, 0.25) is 0 Å². The second kappa shape index (κ2) is 7.46. The first-order chi connectivity index (χ1) is 12.4. The number of benzene rings is 2. The van der Waals surface area contributed by atoms with E-state index in [2.05, 4.69) is 29.8 Å². The summed E-state index contributed by atoms with van der Waals surface area (Å²) in [7, 11) is 0. The Hall–Kier alpha value is -2.40. The summed E-state index contributed by atoms with van der Waals surface area (Å²) in [5.41, 5.74) is 3.37. The summed E-state index contributed by atoms with van der Waals surface area (Å²) < 4.78 is 11.4. The first kappa shape index (κ1) is 18.4. The summed E-state index contributed by atoms with van der Waals surface area (Å²) in [5.74, 6) is -0.114. The maximum absolute atomic E-state index is 12.3. The van der Waals surface area contributed by atoms with Crippen LogP contribution in [-0.2, 0) is 11.3 Å². The minimum atomic E-state index is -0.457. The van der Waals surface area contributed by atoms with E-state index in [1.54, 1.807) is 18.2 Å². The van der Waals surface area contributed by atoms with Gasteiger partial charge in [-0.2, -0.15) is 0 Å². The molecule has 0 N–H and O–H groups in total. The lowest BCUT2D eigenvalue weighted by atomic mass is 9.95. The molecule has 1 aromatic heterocycles. The van der Waals surface area contributed by atoms with E-state index in [0.29, 0.717) is 27.1 Å². The molecule has 3 aromatic rings. The maximum Gasteiger partial charge on any atom is 0.339 e. The van der Waals surface area contributed by atoms with Gasteiger partial charge in [0.2, 0.25) is 0 Å². The zero-order valence-corrected chi connectivity index (χ0v) is 16.4. The number of aryl methyl sites for hydroxylation is 1. The van der Waals surface area contributed by atoms with Crippen LogP contribution < -0.4 is 5.63 Å². The number of esters is 1. The van der Waals surface area contributed by atoms with Gasteiger partial charge in [0.25, 0.3) is 0 Å². The van der Waals surface area contributed by atoms with Gasteiger partial charge in [0.05, 0.1) is 5.56 Å². The fourth-order valence-corrected chi connectivity index (χ4v) is 3.43. The van der Waals surface area contributed by atoms with Gasteiger partial charge in [-0.05, 0) is 64.2 Å². The minimum Gasteiger partial charge on any atom is -0.457 e. The normalized spacial score (nSPS) is 11.1. The Morgan fingerprint density at radius 2 is 1.92 bits per heavy atom. The number of hydrogen-bond acceptors (Lipinski definition) is 4. The molecule has 0 bridgehead atoms. The third-order valence-electron chi connectivity index (χ3n) is 4.29. The van der Waals surface area contributed by atoms with E-state index in [9.17, 15) is 9.59 Å². The molecule has 4 nitrogen and oxygen atoms in total. The molecule has 0 saturated carbocycles. The molecule has 3 rings (SSSR count). The number of ether oxygens (including phenoxy) is 1. The van der Waals surface area contributed by atoms with E-state index in [1.807, 2.05) is 25.1 Å². The van der Waals surface area contributed by atoms with Crippen LogP contribution in [0, 0.1) is 6.92 Å². The molecule has 0 spiro atoms. The van der Waals surface area contributed by atoms with E-state index in [1.165, 1.54) is 11.6 Å². The van der Waals surface area contributed by atoms with E-state index in [-0.39, 0.29) is 6.61 Å². The molecular weight excluding hydrogens is 396 g/mol. The molecule has 0 saturated heterocycles. The lowest BCUT2D eigenvalue weighted by Gasteiger charge is -2.13.